The fourth-order valence-electron chi connectivity index (χ4n) is 1.94. The van der Waals surface area contributed by atoms with E-state index >= 15 is 0 Å². The van der Waals surface area contributed by atoms with Crippen LogP contribution < -0.4 is 9.46 Å². The number of anilines is 1. The van der Waals surface area contributed by atoms with E-state index in [0.717, 1.165) is 6.07 Å². The zero-order chi connectivity index (χ0) is 17.9. The van der Waals surface area contributed by atoms with Crippen molar-refractivity contribution in [1.82, 2.24) is 0 Å². The Bertz CT molecular complexity index is 851. The van der Waals surface area contributed by atoms with E-state index in [1.165, 1.54) is 43.3 Å². The van der Waals surface area contributed by atoms with Crippen LogP contribution in [-0.2, 0) is 10.0 Å². The van der Waals surface area contributed by atoms with Gasteiger partial charge in [0, 0.05) is 5.69 Å². The van der Waals surface area contributed by atoms with E-state index in [9.17, 15) is 22.0 Å². The minimum absolute atomic E-state index is 0.114. The lowest BCUT2D eigenvalue weighted by atomic mass is 10.1. The highest BCUT2D eigenvalue weighted by atomic mass is 32.2. The van der Waals surface area contributed by atoms with Crippen LogP contribution in [0.1, 0.15) is 15.9 Å². The molecule has 24 heavy (non-hydrogen) atoms. The van der Waals surface area contributed by atoms with Gasteiger partial charge in [-0.15, -0.1) is 0 Å². The highest BCUT2D eigenvalue weighted by Crippen LogP contribution is 2.23. The number of benzene rings is 2. The first-order valence-electron chi connectivity index (χ1n) is 6.60. The Morgan fingerprint density at radius 1 is 1.17 bits per heavy atom. The molecule has 0 saturated carbocycles. The van der Waals surface area contributed by atoms with Gasteiger partial charge < -0.3 is 9.84 Å². The molecular formula is C15H13F2NO5S. The first-order valence-corrected chi connectivity index (χ1v) is 8.09. The molecule has 0 atom stereocenters. The topological polar surface area (TPSA) is 92.7 Å². The number of carboxylic acids is 1. The molecule has 0 bridgehead atoms. The molecule has 0 aliphatic rings. The van der Waals surface area contributed by atoms with Gasteiger partial charge in [-0.3, -0.25) is 4.72 Å². The predicted octanol–water partition coefficient (Wildman–Crippen LogP) is 3.10. The second-order valence-corrected chi connectivity index (χ2v) is 6.44. The number of halogens is 2. The van der Waals surface area contributed by atoms with Crippen molar-refractivity contribution in [3.05, 3.63) is 53.6 Å². The summed E-state index contributed by atoms with van der Waals surface area (Å²) >= 11 is 0. The fraction of sp³-hybridized carbons (Fsp3) is 0.133. The number of sulfonamides is 1. The summed E-state index contributed by atoms with van der Waals surface area (Å²) in [5, 5.41) is 8.97. The average Bonchev–Trinajstić information content (AvgIpc) is 2.48. The zero-order valence-corrected chi connectivity index (χ0v) is 13.2. The minimum Gasteiger partial charge on any atom is -0.478 e. The lowest BCUT2D eigenvalue weighted by Gasteiger charge is -2.12. The molecule has 0 aliphatic carbocycles. The molecule has 2 aromatic rings. The van der Waals surface area contributed by atoms with Crippen molar-refractivity contribution >= 4 is 21.7 Å². The number of hydrogen-bond donors (Lipinski definition) is 2. The Morgan fingerprint density at radius 3 is 2.33 bits per heavy atom. The van der Waals surface area contributed by atoms with Crippen LogP contribution in [0, 0.1) is 6.92 Å². The van der Waals surface area contributed by atoms with Crippen molar-refractivity contribution in [2.75, 3.05) is 4.72 Å². The Morgan fingerprint density at radius 2 is 1.79 bits per heavy atom. The van der Waals surface area contributed by atoms with Gasteiger partial charge >= 0.3 is 12.6 Å². The Balaban J connectivity index is 2.28. The molecule has 0 aromatic heterocycles. The van der Waals surface area contributed by atoms with Crippen LogP contribution in [0.2, 0.25) is 0 Å². The smallest absolute Gasteiger partial charge is 0.387 e. The van der Waals surface area contributed by atoms with Crippen LogP contribution in [0.4, 0.5) is 14.5 Å². The first kappa shape index (κ1) is 17.7. The summed E-state index contributed by atoms with van der Waals surface area (Å²) in [5.74, 6) is -1.36. The van der Waals surface area contributed by atoms with E-state index in [4.69, 9.17) is 5.11 Å². The van der Waals surface area contributed by atoms with Crippen LogP contribution in [0.25, 0.3) is 0 Å². The number of aromatic carboxylic acids is 1. The number of rotatable bonds is 6. The number of alkyl halides is 2. The standard InChI is InChI=1S/C15H13F2NO5S/c1-9-2-3-10(14(19)20)8-13(9)24(21,22)18-11-4-6-12(7-5-11)23-15(16)17/h2-8,15,18H,1H3,(H,19,20). The van der Waals surface area contributed by atoms with Crippen molar-refractivity contribution < 1.29 is 31.8 Å². The van der Waals surface area contributed by atoms with Gasteiger partial charge in [-0.2, -0.15) is 8.78 Å². The monoisotopic (exact) mass is 357 g/mol. The lowest BCUT2D eigenvalue weighted by molar-refractivity contribution is -0.0498. The molecule has 0 fully saturated rings. The SMILES string of the molecule is Cc1ccc(C(=O)O)cc1S(=O)(=O)Nc1ccc(OC(F)F)cc1. The maximum atomic E-state index is 12.4. The predicted molar refractivity (Wildman–Crippen MR) is 82.0 cm³/mol. The molecule has 128 valence electrons. The zero-order valence-electron chi connectivity index (χ0n) is 12.4. The number of nitrogens with one attached hydrogen (secondary N) is 1. The second kappa shape index (κ2) is 6.83. The van der Waals surface area contributed by atoms with Gasteiger partial charge in [0.1, 0.15) is 5.75 Å². The summed E-state index contributed by atoms with van der Waals surface area (Å²) in [7, 11) is -4.04. The van der Waals surface area contributed by atoms with Gasteiger partial charge in [0.05, 0.1) is 10.5 Å². The van der Waals surface area contributed by atoms with Crippen molar-refractivity contribution in [3.63, 3.8) is 0 Å². The fourth-order valence-corrected chi connectivity index (χ4v) is 3.27. The third-order valence-corrected chi connectivity index (χ3v) is 4.58. The third-order valence-electron chi connectivity index (χ3n) is 3.06. The van der Waals surface area contributed by atoms with Crippen LogP contribution in [0.15, 0.2) is 47.4 Å². The molecule has 0 saturated heterocycles. The molecule has 0 spiro atoms. The second-order valence-electron chi connectivity index (χ2n) is 4.79. The molecule has 0 amide bonds. The van der Waals surface area contributed by atoms with Crippen LogP contribution in [-0.4, -0.2) is 26.1 Å². The van der Waals surface area contributed by atoms with E-state index in [1.807, 2.05) is 0 Å². The van der Waals surface area contributed by atoms with Crippen molar-refractivity contribution in [1.29, 1.82) is 0 Å². The first-order chi connectivity index (χ1) is 11.2. The largest absolute Gasteiger partial charge is 0.478 e. The molecule has 0 aliphatic heterocycles. The quantitative estimate of drug-likeness (QED) is 0.829. The molecule has 9 heteroatoms. The van der Waals surface area contributed by atoms with Crippen molar-refractivity contribution in [2.24, 2.45) is 0 Å². The molecule has 2 N–H and O–H groups in total. The molecule has 2 rings (SSSR count). The molecule has 0 unspecified atom stereocenters. The maximum Gasteiger partial charge on any atom is 0.387 e. The maximum absolute atomic E-state index is 12.4. The number of hydrogen-bond acceptors (Lipinski definition) is 4. The van der Waals surface area contributed by atoms with E-state index in [1.54, 1.807) is 0 Å². The lowest BCUT2D eigenvalue weighted by Crippen LogP contribution is -2.15. The third kappa shape index (κ3) is 4.19. The molecule has 6 nitrogen and oxygen atoms in total. The van der Waals surface area contributed by atoms with Crippen LogP contribution in [0.3, 0.4) is 0 Å². The summed E-state index contributed by atoms with van der Waals surface area (Å²) in [5.41, 5.74) is 0.323. The van der Waals surface area contributed by atoms with Gasteiger partial charge in [0.2, 0.25) is 0 Å². The van der Waals surface area contributed by atoms with E-state index in [-0.39, 0.29) is 21.9 Å². The Labute approximate surface area is 136 Å². The van der Waals surface area contributed by atoms with Crippen LogP contribution >= 0.6 is 0 Å². The number of aryl methyl sites for hydroxylation is 1. The molecule has 2 aromatic carbocycles. The summed E-state index contributed by atoms with van der Waals surface area (Å²) in [6.45, 7) is -1.45. The Kier molecular flexibility index (Phi) is 5.03. The minimum atomic E-state index is -4.04. The summed E-state index contributed by atoms with van der Waals surface area (Å²) in [4.78, 5) is 10.8. The average molecular weight is 357 g/mol. The van der Waals surface area contributed by atoms with Gasteiger partial charge in [0.15, 0.2) is 0 Å². The van der Waals surface area contributed by atoms with Crippen molar-refractivity contribution in [2.45, 2.75) is 18.4 Å². The van der Waals surface area contributed by atoms with Gasteiger partial charge in [0.25, 0.3) is 10.0 Å². The Hall–Kier alpha value is -2.68. The van der Waals surface area contributed by atoms with Gasteiger partial charge in [-0.05, 0) is 48.9 Å². The number of ether oxygens (including phenoxy) is 1. The van der Waals surface area contributed by atoms with Crippen LogP contribution in [0.5, 0.6) is 5.75 Å². The highest BCUT2D eigenvalue weighted by Gasteiger charge is 2.19. The number of carboxylic acid groups (broad SMARTS) is 1. The summed E-state index contributed by atoms with van der Waals surface area (Å²) in [6, 6.07) is 8.62. The normalized spacial score (nSPS) is 11.3. The van der Waals surface area contributed by atoms with E-state index in [2.05, 4.69) is 9.46 Å². The molecular weight excluding hydrogens is 344 g/mol. The summed E-state index contributed by atoms with van der Waals surface area (Å²) < 4.78 is 55.4. The van der Waals surface area contributed by atoms with Gasteiger partial charge in [-0.25, -0.2) is 13.2 Å². The van der Waals surface area contributed by atoms with Gasteiger partial charge in [-0.1, -0.05) is 6.07 Å². The van der Waals surface area contributed by atoms with Crippen molar-refractivity contribution in [3.8, 4) is 5.75 Å². The highest BCUT2D eigenvalue weighted by molar-refractivity contribution is 7.92. The molecule has 0 radical (unpaired) electrons. The number of carbonyl (C=O) groups is 1. The van der Waals surface area contributed by atoms with E-state index in [0.29, 0.717) is 5.56 Å². The van der Waals surface area contributed by atoms with E-state index < -0.39 is 22.6 Å². The summed E-state index contributed by atoms with van der Waals surface area (Å²) in [6.07, 6.45) is 0. The molecule has 0 heterocycles.